The van der Waals surface area contributed by atoms with E-state index in [1.807, 2.05) is 24.3 Å². The first-order valence-electron chi connectivity index (χ1n) is 9.20. The molecule has 2 aromatic rings. The van der Waals surface area contributed by atoms with Gasteiger partial charge >= 0.3 is 0 Å². The smallest absolute Gasteiger partial charge is 0.243 e. The maximum atomic E-state index is 13.4. The standard InChI is InChI=1S/C20H21FN2O4S/c21-17-5-3-6-18(13-17)28(25,26)23-10-8-22(9-11-23)20(24)16-12-15-4-1-2-7-19(15)27-14-16/h1-7,13,16H,8-12,14H2. The zero-order valence-electron chi connectivity index (χ0n) is 15.3. The van der Waals surface area contributed by atoms with Gasteiger partial charge in [-0.05, 0) is 36.2 Å². The molecule has 0 spiro atoms. The van der Waals surface area contributed by atoms with E-state index >= 15 is 0 Å². The zero-order valence-corrected chi connectivity index (χ0v) is 16.1. The van der Waals surface area contributed by atoms with Crippen LogP contribution in [0.3, 0.4) is 0 Å². The SMILES string of the molecule is O=C(C1COc2ccccc2C1)N1CCN(S(=O)(=O)c2cccc(F)c2)CC1. The summed E-state index contributed by atoms with van der Waals surface area (Å²) in [5.41, 5.74) is 1.01. The number of rotatable bonds is 3. The Morgan fingerprint density at radius 3 is 2.54 bits per heavy atom. The average molecular weight is 404 g/mol. The molecule has 1 unspecified atom stereocenters. The first-order valence-corrected chi connectivity index (χ1v) is 10.6. The largest absolute Gasteiger partial charge is 0.492 e. The van der Waals surface area contributed by atoms with E-state index in [0.717, 1.165) is 17.4 Å². The number of para-hydroxylation sites is 1. The van der Waals surface area contributed by atoms with Gasteiger partial charge in [-0.25, -0.2) is 12.8 Å². The second kappa shape index (κ2) is 7.52. The van der Waals surface area contributed by atoms with E-state index in [2.05, 4.69) is 0 Å². The number of carbonyl (C=O) groups excluding carboxylic acids is 1. The van der Waals surface area contributed by atoms with Crippen LogP contribution in [0.5, 0.6) is 5.75 Å². The van der Waals surface area contributed by atoms with Crippen molar-refractivity contribution in [3.8, 4) is 5.75 Å². The number of amides is 1. The van der Waals surface area contributed by atoms with Gasteiger partial charge in [-0.15, -0.1) is 0 Å². The maximum Gasteiger partial charge on any atom is 0.243 e. The number of sulfonamides is 1. The minimum Gasteiger partial charge on any atom is -0.492 e. The highest BCUT2D eigenvalue weighted by atomic mass is 32.2. The van der Waals surface area contributed by atoms with Gasteiger partial charge in [-0.2, -0.15) is 4.31 Å². The average Bonchev–Trinajstić information content (AvgIpc) is 2.73. The van der Waals surface area contributed by atoms with Gasteiger partial charge in [0.25, 0.3) is 0 Å². The van der Waals surface area contributed by atoms with Crippen LogP contribution in [0.1, 0.15) is 5.56 Å². The molecule has 2 heterocycles. The lowest BCUT2D eigenvalue weighted by Gasteiger charge is -2.36. The van der Waals surface area contributed by atoms with Crippen molar-refractivity contribution in [2.24, 2.45) is 5.92 Å². The van der Waals surface area contributed by atoms with Gasteiger partial charge in [0.15, 0.2) is 0 Å². The van der Waals surface area contributed by atoms with E-state index in [9.17, 15) is 17.6 Å². The van der Waals surface area contributed by atoms with Crippen LogP contribution < -0.4 is 4.74 Å². The summed E-state index contributed by atoms with van der Waals surface area (Å²) >= 11 is 0. The van der Waals surface area contributed by atoms with Crippen molar-refractivity contribution in [3.63, 3.8) is 0 Å². The Kier molecular flexibility index (Phi) is 5.07. The summed E-state index contributed by atoms with van der Waals surface area (Å²) in [7, 11) is -3.77. The first kappa shape index (κ1) is 18.9. The third-order valence-corrected chi connectivity index (χ3v) is 7.11. The summed E-state index contributed by atoms with van der Waals surface area (Å²) in [6.45, 7) is 1.33. The van der Waals surface area contributed by atoms with Crippen LogP contribution in [0.2, 0.25) is 0 Å². The van der Waals surface area contributed by atoms with E-state index in [-0.39, 0.29) is 29.8 Å². The molecule has 2 aliphatic rings. The predicted octanol–water partition coefficient (Wildman–Crippen LogP) is 1.91. The molecule has 2 aliphatic heterocycles. The monoisotopic (exact) mass is 404 g/mol. The van der Waals surface area contributed by atoms with Crippen molar-refractivity contribution in [1.29, 1.82) is 0 Å². The fraction of sp³-hybridized carbons (Fsp3) is 0.350. The van der Waals surface area contributed by atoms with Crippen LogP contribution in [-0.2, 0) is 21.2 Å². The number of ether oxygens (including phenoxy) is 1. The number of benzene rings is 2. The topological polar surface area (TPSA) is 66.9 Å². The highest BCUT2D eigenvalue weighted by Crippen LogP contribution is 2.28. The molecule has 0 N–H and O–H groups in total. The number of nitrogens with zero attached hydrogens (tertiary/aromatic N) is 2. The second-order valence-electron chi connectivity index (χ2n) is 7.01. The molecule has 1 saturated heterocycles. The van der Waals surface area contributed by atoms with Crippen molar-refractivity contribution in [3.05, 3.63) is 59.9 Å². The number of carbonyl (C=O) groups is 1. The number of halogens is 1. The molecule has 6 nitrogen and oxygen atoms in total. The summed E-state index contributed by atoms with van der Waals surface area (Å²) in [4.78, 5) is 14.5. The molecule has 1 atom stereocenters. The summed E-state index contributed by atoms with van der Waals surface area (Å²) in [6, 6.07) is 12.7. The molecule has 28 heavy (non-hydrogen) atoms. The normalized spacial score (nSPS) is 20.3. The number of fused-ring (bicyclic) bond motifs is 1. The summed E-state index contributed by atoms with van der Waals surface area (Å²) in [5, 5.41) is 0. The number of hydrogen-bond donors (Lipinski definition) is 0. The Balaban J connectivity index is 1.40. The molecule has 4 rings (SSSR count). The molecule has 0 aliphatic carbocycles. The highest BCUT2D eigenvalue weighted by molar-refractivity contribution is 7.89. The van der Waals surface area contributed by atoms with Gasteiger partial charge in [0.05, 0.1) is 10.8 Å². The number of piperazine rings is 1. The van der Waals surface area contributed by atoms with Gasteiger partial charge in [0.1, 0.15) is 18.2 Å². The minimum absolute atomic E-state index is 0.0164. The zero-order chi connectivity index (χ0) is 19.7. The van der Waals surface area contributed by atoms with Crippen molar-refractivity contribution in [2.75, 3.05) is 32.8 Å². The predicted molar refractivity (Wildman–Crippen MR) is 101 cm³/mol. The van der Waals surface area contributed by atoms with Gasteiger partial charge < -0.3 is 9.64 Å². The third-order valence-electron chi connectivity index (χ3n) is 5.21. The molecule has 8 heteroatoms. The minimum atomic E-state index is -3.77. The van der Waals surface area contributed by atoms with E-state index in [4.69, 9.17) is 4.74 Å². The molecule has 148 valence electrons. The lowest BCUT2D eigenvalue weighted by molar-refractivity contribution is -0.138. The Morgan fingerprint density at radius 2 is 1.79 bits per heavy atom. The maximum absolute atomic E-state index is 13.4. The molecule has 2 aromatic carbocycles. The van der Waals surface area contributed by atoms with Crippen molar-refractivity contribution >= 4 is 15.9 Å². The highest BCUT2D eigenvalue weighted by Gasteiger charge is 2.34. The molecular weight excluding hydrogens is 383 g/mol. The van der Waals surface area contributed by atoms with Gasteiger partial charge in [0, 0.05) is 26.2 Å². The van der Waals surface area contributed by atoms with Crippen LogP contribution in [0.25, 0.3) is 0 Å². The van der Waals surface area contributed by atoms with Crippen LogP contribution in [0, 0.1) is 11.7 Å². The lowest BCUT2D eigenvalue weighted by atomic mass is 9.95. The Morgan fingerprint density at radius 1 is 1.04 bits per heavy atom. The summed E-state index contributed by atoms with van der Waals surface area (Å²) < 4.78 is 45.8. The number of hydrogen-bond acceptors (Lipinski definition) is 4. The summed E-state index contributed by atoms with van der Waals surface area (Å²) in [5.74, 6) is -0.0522. The third kappa shape index (κ3) is 3.62. The van der Waals surface area contributed by atoms with E-state index in [1.54, 1.807) is 4.90 Å². The Hall–Kier alpha value is -2.45. The van der Waals surface area contributed by atoms with E-state index in [1.165, 1.54) is 22.5 Å². The Labute approximate surface area is 163 Å². The van der Waals surface area contributed by atoms with Crippen molar-refractivity contribution in [1.82, 2.24) is 9.21 Å². The van der Waals surface area contributed by atoms with Crippen LogP contribution in [-0.4, -0.2) is 56.3 Å². The van der Waals surface area contributed by atoms with Crippen LogP contribution in [0.15, 0.2) is 53.4 Å². The molecular formula is C20H21FN2O4S. The second-order valence-corrected chi connectivity index (χ2v) is 8.94. The van der Waals surface area contributed by atoms with Crippen LogP contribution >= 0.6 is 0 Å². The summed E-state index contributed by atoms with van der Waals surface area (Å²) in [6.07, 6.45) is 0.622. The fourth-order valence-electron chi connectivity index (χ4n) is 3.67. The molecule has 0 saturated carbocycles. The lowest BCUT2D eigenvalue weighted by Crippen LogP contribution is -2.52. The molecule has 0 aromatic heterocycles. The van der Waals surface area contributed by atoms with Crippen LogP contribution in [0.4, 0.5) is 4.39 Å². The van der Waals surface area contributed by atoms with Crippen molar-refractivity contribution in [2.45, 2.75) is 11.3 Å². The first-order chi connectivity index (χ1) is 13.4. The Bertz CT molecular complexity index is 987. The van der Waals surface area contributed by atoms with E-state index < -0.39 is 15.8 Å². The molecule has 1 fully saturated rings. The molecule has 0 radical (unpaired) electrons. The van der Waals surface area contributed by atoms with Gasteiger partial charge in [0.2, 0.25) is 15.9 Å². The van der Waals surface area contributed by atoms with Gasteiger partial charge in [-0.1, -0.05) is 24.3 Å². The molecule has 1 amide bonds. The fourth-order valence-corrected chi connectivity index (χ4v) is 5.12. The molecule has 0 bridgehead atoms. The van der Waals surface area contributed by atoms with Gasteiger partial charge in [-0.3, -0.25) is 4.79 Å². The van der Waals surface area contributed by atoms with Crippen molar-refractivity contribution < 1.29 is 22.3 Å². The van der Waals surface area contributed by atoms with E-state index in [0.29, 0.717) is 26.1 Å². The quantitative estimate of drug-likeness (QED) is 0.784.